The summed E-state index contributed by atoms with van der Waals surface area (Å²) in [6, 6.07) is 6.76. The Hall–Kier alpha value is -2.13. The lowest BCUT2D eigenvalue weighted by Crippen LogP contribution is -2.54. The van der Waals surface area contributed by atoms with Crippen molar-refractivity contribution in [2.45, 2.75) is 78.5 Å². The number of likely N-dealkylation sites (tertiary alicyclic amines) is 1. The van der Waals surface area contributed by atoms with E-state index in [1.54, 1.807) is 11.3 Å². The Morgan fingerprint density at radius 3 is 2.39 bits per heavy atom. The van der Waals surface area contributed by atoms with Gasteiger partial charge >= 0.3 is 0 Å². The molecule has 1 saturated heterocycles. The number of thiazole rings is 1. The minimum absolute atomic E-state index is 0.0165. The Labute approximate surface area is 218 Å². The highest BCUT2D eigenvalue weighted by molar-refractivity contribution is 7.13. The van der Waals surface area contributed by atoms with Crippen molar-refractivity contribution in [1.29, 1.82) is 0 Å². The molecule has 2 unspecified atom stereocenters. The van der Waals surface area contributed by atoms with E-state index in [2.05, 4.69) is 17.1 Å². The van der Waals surface area contributed by atoms with E-state index in [0.29, 0.717) is 6.42 Å². The van der Waals surface area contributed by atoms with Gasteiger partial charge in [-0.25, -0.2) is 4.98 Å². The van der Waals surface area contributed by atoms with Gasteiger partial charge in [-0.1, -0.05) is 58.9 Å². The number of aliphatic hydroxyl groups excluding tert-OH is 2. The molecule has 1 aromatic heterocycles. The molecule has 1 fully saturated rings. The lowest BCUT2D eigenvalue weighted by molar-refractivity contribution is -0.142. The third kappa shape index (κ3) is 6.22. The van der Waals surface area contributed by atoms with Gasteiger partial charge < -0.3 is 20.8 Å². The van der Waals surface area contributed by atoms with Crippen LogP contribution in [0.1, 0.15) is 64.6 Å². The van der Waals surface area contributed by atoms with Crippen LogP contribution in [-0.4, -0.2) is 63.1 Å². The SMILES string of the molecule is Cc1ncsc1-c1ccc([C@H](CO)CC(C)C(C)C(=O)[C@H]2C[C@@H](O)CN2C(=O)[C@@H](N)C(C)(C)C)cc1. The molecule has 3 rings (SSSR count). The maximum atomic E-state index is 13.5. The van der Waals surface area contributed by atoms with Gasteiger partial charge in [0.2, 0.25) is 5.91 Å². The van der Waals surface area contributed by atoms with Crippen molar-refractivity contribution in [3.63, 3.8) is 0 Å². The fraction of sp³-hybridized carbons (Fsp3) is 0.607. The molecule has 0 saturated carbocycles. The third-order valence-electron chi connectivity index (χ3n) is 7.66. The number of β-amino-alcohol motifs (C(OH)–C–C–N with tert-alkyl or cyclic N) is 1. The van der Waals surface area contributed by atoms with E-state index in [4.69, 9.17) is 5.73 Å². The number of hydrogen-bond donors (Lipinski definition) is 3. The predicted octanol–water partition coefficient (Wildman–Crippen LogP) is 3.76. The van der Waals surface area contributed by atoms with Gasteiger partial charge in [0.05, 0.1) is 34.3 Å². The smallest absolute Gasteiger partial charge is 0.240 e. The molecule has 1 amide bonds. The maximum absolute atomic E-state index is 13.5. The minimum atomic E-state index is -0.749. The van der Waals surface area contributed by atoms with Crippen LogP contribution < -0.4 is 5.73 Å². The molecule has 0 spiro atoms. The maximum Gasteiger partial charge on any atom is 0.240 e. The average molecular weight is 516 g/mol. The zero-order valence-corrected chi connectivity index (χ0v) is 23.1. The lowest BCUT2D eigenvalue weighted by atomic mass is 9.80. The molecule has 7 nitrogen and oxygen atoms in total. The van der Waals surface area contributed by atoms with Crippen molar-refractivity contribution < 1.29 is 19.8 Å². The molecule has 198 valence electrons. The van der Waals surface area contributed by atoms with Crippen LogP contribution in [0.5, 0.6) is 0 Å². The van der Waals surface area contributed by atoms with E-state index >= 15 is 0 Å². The Morgan fingerprint density at radius 2 is 1.86 bits per heavy atom. The van der Waals surface area contributed by atoms with E-state index in [9.17, 15) is 19.8 Å². The summed E-state index contributed by atoms with van der Waals surface area (Å²) in [5.41, 5.74) is 10.7. The summed E-state index contributed by atoms with van der Waals surface area (Å²) in [4.78, 5) is 33.5. The van der Waals surface area contributed by atoms with E-state index < -0.39 is 23.6 Å². The van der Waals surface area contributed by atoms with Crippen molar-refractivity contribution in [2.75, 3.05) is 13.2 Å². The number of carbonyl (C=O) groups is 2. The van der Waals surface area contributed by atoms with Crippen LogP contribution in [0.2, 0.25) is 0 Å². The number of nitrogens with two attached hydrogens (primary N) is 1. The van der Waals surface area contributed by atoms with Gasteiger partial charge in [-0.15, -0.1) is 11.3 Å². The van der Waals surface area contributed by atoms with Crippen LogP contribution in [0.25, 0.3) is 10.4 Å². The number of aliphatic hydroxyl groups is 2. The number of aryl methyl sites for hydroxylation is 1. The highest BCUT2D eigenvalue weighted by Gasteiger charge is 2.44. The normalized spacial score (nSPS) is 21.8. The number of benzene rings is 1. The molecule has 8 heteroatoms. The molecule has 6 atom stereocenters. The van der Waals surface area contributed by atoms with Crippen LogP contribution >= 0.6 is 11.3 Å². The molecule has 1 aliphatic heterocycles. The number of nitrogens with zero attached hydrogens (tertiary/aromatic N) is 2. The summed E-state index contributed by atoms with van der Waals surface area (Å²) in [7, 11) is 0. The van der Waals surface area contributed by atoms with Gasteiger partial charge in [0.1, 0.15) is 0 Å². The summed E-state index contributed by atoms with van der Waals surface area (Å²) in [5.74, 6) is -0.810. The molecule has 2 heterocycles. The standard InChI is InChI=1S/C28H41N3O4S/c1-16(11-21(14-32)19-7-9-20(10-8-19)25-18(3)30-15-36-25)17(2)24(34)23-12-22(33)13-31(23)27(35)26(29)28(4,5)6/h7-10,15-17,21-23,26,32-33H,11-14,29H2,1-6H3/t16?,17?,21-,22+,23+,26+/m0/s1. The van der Waals surface area contributed by atoms with Gasteiger partial charge in [0.15, 0.2) is 5.78 Å². The van der Waals surface area contributed by atoms with Crippen LogP contribution in [0.4, 0.5) is 0 Å². The van der Waals surface area contributed by atoms with Crippen molar-refractivity contribution in [3.8, 4) is 10.4 Å². The number of ketones is 1. The van der Waals surface area contributed by atoms with Gasteiger partial charge in [-0.3, -0.25) is 9.59 Å². The Kier molecular flexibility index (Phi) is 9.09. The first-order valence-corrected chi connectivity index (χ1v) is 13.6. The summed E-state index contributed by atoms with van der Waals surface area (Å²) in [5, 5.41) is 20.4. The molecule has 4 N–H and O–H groups in total. The summed E-state index contributed by atoms with van der Waals surface area (Å²) in [6.45, 7) is 11.7. The number of rotatable bonds is 9. The number of hydrogen-bond acceptors (Lipinski definition) is 7. The zero-order chi connectivity index (χ0) is 26.8. The monoisotopic (exact) mass is 515 g/mol. The number of amides is 1. The molecule has 0 aliphatic carbocycles. The molecular formula is C28H41N3O4S. The Bertz CT molecular complexity index is 1050. The molecule has 36 heavy (non-hydrogen) atoms. The second kappa shape index (κ2) is 11.5. The first kappa shape index (κ1) is 28.4. The Balaban J connectivity index is 1.69. The third-order valence-corrected chi connectivity index (χ3v) is 8.64. The predicted molar refractivity (Wildman–Crippen MR) is 144 cm³/mol. The summed E-state index contributed by atoms with van der Waals surface area (Å²) < 4.78 is 0. The molecule has 0 bridgehead atoms. The number of carbonyl (C=O) groups excluding carboxylic acids is 2. The van der Waals surface area contributed by atoms with E-state index in [1.165, 1.54) is 4.90 Å². The van der Waals surface area contributed by atoms with Crippen molar-refractivity contribution in [3.05, 3.63) is 41.0 Å². The largest absolute Gasteiger partial charge is 0.396 e. The van der Waals surface area contributed by atoms with Crippen molar-refractivity contribution in [2.24, 2.45) is 23.0 Å². The second-order valence-corrected chi connectivity index (χ2v) is 12.3. The second-order valence-electron chi connectivity index (χ2n) is 11.4. The van der Waals surface area contributed by atoms with Crippen LogP contribution in [-0.2, 0) is 9.59 Å². The van der Waals surface area contributed by atoms with Gasteiger partial charge in [-0.05, 0) is 35.8 Å². The Morgan fingerprint density at radius 1 is 1.22 bits per heavy atom. The van der Waals surface area contributed by atoms with Gasteiger partial charge in [0.25, 0.3) is 0 Å². The summed E-state index contributed by atoms with van der Waals surface area (Å²) in [6.07, 6.45) is 0.136. The van der Waals surface area contributed by atoms with Crippen LogP contribution in [0.3, 0.4) is 0 Å². The van der Waals surface area contributed by atoms with Gasteiger partial charge in [0, 0.05) is 31.4 Å². The topological polar surface area (TPSA) is 117 Å². The first-order chi connectivity index (χ1) is 16.8. The number of aromatic nitrogens is 1. The average Bonchev–Trinajstić information content (AvgIpc) is 3.45. The minimum Gasteiger partial charge on any atom is -0.396 e. The quantitative estimate of drug-likeness (QED) is 0.468. The van der Waals surface area contributed by atoms with Crippen LogP contribution in [0.15, 0.2) is 29.8 Å². The van der Waals surface area contributed by atoms with Crippen LogP contribution in [0, 0.1) is 24.2 Å². The highest BCUT2D eigenvalue weighted by Crippen LogP contribution is 2.34. The van der Waals surface area contributed by atoms with Crippen molar-refractivity contribution in [1.82, 2.24) is 9.88 Å². The van der Waals surface area contributed by atoms with E-state index in [-0.39, 0.29) is 49.0 Å². The first-order valence-electron chi connectivity index (χ1n) is 12.7. The molecule has 1 aromatic carbocycles. The fourth-order valence-corrected chi connectivity index (χ4v) is 5.73. The molecule has 1 aliphatic rings. The molecular weight excluding hydrogens is 474 g/mol. The van der Waals surface area contributed by atoms with Gasteiger partial charge in [-0.2, -0.15) is 0 Å². The lowest BCUT2D eigenvalue weighted by Gasteiger charge is -2.34. The van der Waals surface area contributed by atoms with Crippen molar-refractivity contribution >= 4 is 23.0 Å². The summed E-state index contributed by atoms with van der Waals surface area (Å²) >= 11 is 1.61. The highest BCUT2D eigenvalue weighted by atomic mass is 32.1. The van der Waals surface area contributed by atoms with E-state index in [0.717, 1.165) is 21.7 Å². The molecule has 0 radical (unpaired) electrons. The fourth-order valence-electron chi connectivity index (χ4n) is 4.91. The zero-order valence-electron chi connectivity index (χ0n) is 22.3. The number of Topliss-reactive ketones (excluding diaryl/α,β-unsaturated/α-hetero) is 1. The molecule has 2 aromatic rings. The van der Waals surface area contributed by atoms with E-state index in [1.807, 2.05) is 59.2 Å².